The van der Waals surface area contributed by atoms with Crippen molar-refractivity contribution in [3.8, 4) is 0 Å². The van der Waals surface area contributed by atoms with Crippen LogP contribution in [0.3, 0.4) is 0 Å². The first-order valence-electron chi connectivity index (χ1n) is 11.9. The van der Waals surface area contributed by atoms with E-state index in [0.717, 1.165) is 12.5 Å². The zero-order valence-corrected chi connectivity index (χ0v) is 20.9. The summed E-state index contributed by atoms with van der Waals surface area (Å²) in [4.78, 5) is 0. The molecule has 0 radical (unpaired) electrons. The van der Waals surface area contributed by atoms with E-state index in [2.05, 4.69) is 75.3 Å². The predicted molar refractivity (Wildman–Crippen MR) is 128 cm³/mol. The van der Waals surface area contributed by atoms with E-state index in [9.17, 15) is 0 Å². The van der Waals surface area contributed by atoms with Crippen molar-refractivity contribution >= 4 is 20.7 Å². The number of benzene rings is 1. The third-order valence-corrected chi connectivity index (χ3v) is 10.4. The van der Waals surface area contributed by atoms with E-state index in [1.807, 2.05) is 0 Å². The Morgan fingerprint density at radius 3 is 2.32 bits per heavy atom. The lowest BCUT2D eigenvalue weighted by molar-refractivity contribution is 0.0306. The second-order valence-corrected chi connectivity index (χ2v) is 12.9. The molecule has 0 spiro atoms. The Bertz CT molecular complexity index is 811. The maximum atomic E-state index is 6.28. The van der Waals surface area contributed by atoms with Gasteiger partial charge in [-0.25, -0.2) is 0 Å². The Morgan fingerprint density at radius 2 is 1.71 bits per heavy atom. The van der Waals surface area contributed by atoms with Crippen LogP contribution >= 0.6 is 0 Å². The van der Waals surface area contributed by atoms with Gasteiger partial charge in [-0.1, -0.05) is 29.8 Å². The van der Waals surface area contributed by atoms with Crippen molar-refractivity contribution < 1.29 is 13.3 Å². The van der Waals surface area contributed by atoms with Gasteiger partial charge in [-0.15, -0.1) is 0 Å². The molecule has 6 heteroatoms. The van der Waals surface area contributed by atoms with Crippen molar-refractivity contribution in [3.63, 3.8) is 0 Å². The summed E-state index contributed by atoms with van der Waals surface area (Å²) in [5.74, 6) is 3.08. The van der Waals surface area contributed by atoms with Crippen LogP contribution in [-0.2, 0) is 13.3 Å². The summed E-state index contributed by atoms with van der Waals surface area (Å²) in [7, 11) is -0.907. The minimum atomic E-state index is -2.66. The molecule has 0 aromatic heterocycles. The van der Waals surface area contributed by atoms with Crippen LogP contribution in [-0.4, -0.2) is 40.0 Å². The number of rotatable bonds is 9. The lowest BCUT2D eigenvalue weighted by Crippen LogP contribution is -2.49. The highest BCUT2D eigenvalue weighted by atomic mass is 28.4. The maximum absolute atomic E-state index is 6.28. The van der Waals surface area contributed by atoms with Gasteiger partial charge in [-0.2, -0.15) is 10.2 Å². The number of fused-ring (bicyclic) bond motifs is 5. The molecule has 1 aromatic rings. The number of hydrogen-bond donors (Lipinski definition) is 0. The molecule has 5 atom stereocenters. The topological polar surface area (TPSA) is 52.4 Å². The third-order valence-electron chi connectivity index (χ3n) is 7.23. The van der Waals surface area contributed by atoms with Crippen LogP contribution < -0.4 is 0 Å². The van der Waals surface area contributed by atoms with Gasteiger partial charge in [0.15, 0.2) is 0 Å². The van der Waals surface area contributed by atoms with Crippen molar-refractivity contribution in [2.24, 2.45) is 39.8 Å². The van der Waals surface area contributed by atoms with Gasteiger partial charge in [-0.3, -0.25) is 0 Å². The Morgan fingerprint density at radius 1 is 1.03 bits per heavy atom. The molecule has 0 N–H and O–H groups in total. The summed E-state index contributed by atoms with van der Waals surface area (Å²) in [6, 6.07) is 9.67. The molecule has 0 saturated heterocycles. The molecule has 1 aromatic carbocycles. The predicted octanol–water partition coefficient (Wildman–Crippen LogP) is 5.50. The van der Waals surface area contributed by atoms with Crippen molar-refractivity contribution in [1.29, 1.82) is 0 Å². The average molecular weight is 443 g/mol. The molecule has 31 heavy (non-hydrogen) atoms. The van der Waals surface area contributed by atoms with E-state index in [4.69, 9.17) is 13.3 Å². The molecule has 5 nitrogen and oxygen atoms in total. The van der Waals surface area contributed by atoms with Gasteiger partial charge < -0.3 is 13.3 Å². The lowest BCUT2D eigenvalue weighted by Gasteiger charge is -2.37. The van der Waals surface area contributed by atoms with E-state index in [0.29, 0.717) is 29.6 Å². The van der Waals surface area contributed by atoms with E-state index in [1.54, 1.807) is 7.11 Å². The monoisotopic (exact) mass is 442 g/mol. The van der Waals surface area contributed by atoms with E-state index in [1.165, 1.54) is 29.7 Å². The molecular weight excluding hydrogens is 404 g/mol. The molecule has 1 heterocycles. The van der Waals surface area contributed by atoms with Gasteiger partial charge in [-0.05, 0) is 77.2 Å². The highest BCUT2D eigenvalue weighted by molar-refractivity contribution is 6.60. The molecule has 0 amide bonds. The van der Waals surface area contributed by atoms with E-state index in [-0.39, 0.29) is 12.2 Å². The fraction of sp³-hybridized carbons (Fsp3) is 0.680. The number of aryl methyl sites for hydroxylation is 1. The maximum Gasteiger partial charge on any atom is 0.501 e. The molecule has 2 bridgehead atoms. The average Bonchev–Trinajstić information content (AvgIpc) is 3.31. The fourth-order valence-corrected chi connectivity index (χ4v) is 8.97. The van der Waals surface area contributed by atoms with Crippen LogP contribution in [0.25, 0.3) is 0 Å². The first kappa shape index (κ1) is 22.8. The standard InChI is InChI=1S/C25H38N2O3Si/c1-16(2)29-31(28-6,30-17(3)4)12-11-20-13-21-14-22(20)23-15-26-27-25(24(21)23)19-9-7-18(5)8-10-19/h7-10,15-17,20-24H,11-14H2,1-6H3. The van der Waals surface area contributed by atoms with Crippen molar-refractivity contribution in [3.05, 3.63) is 35.4 Å². The van der Waals surface area contributed by atoms with Crippen LogP contribution in [0.15, 0.2) is 34.5 Å². The summed E-state index contributed by atoms with van der Waals surface area (Å²) in [5, 5.41) is 9.07. The Kier molecular flexibility index (Phi) is 6.82. The van der Waals surface area contributed by atoms with Gasteiger partial charge in [0.2, 0.25) is 0 Å². The second kappa shape index (κ2) is 9.26. The van der Waals surface area contributed by atoms with Crippen molar-refractivity contribution in [1.82, 2.24) is 0 Å². The van der Waals surface area contributed by atoms with Gasteiger partial charge in [0.25, 0.3) is 0 Å². The summed E-state index contributed by atoms with van der Waals surface area (Å²) in [6.45, 7) is 10.4. The highest BCUT2D eigenvalue weighted by Gasteiger charge is 2.55. The summed E-state index contributed by atoms with van der Waals surface area (Å²) in [6.07, 6.45) is 6.00. The highest BCUT2D eigenvalue weighted by Crippen LogP contribution is 2.57. The van der Waals surface area contributed by atoms with E-state index < -0.39 is 8.80 Å². The zero-order chi connectivity index (χ0) is 22.2. The molecule has 4 rings (SSSR count). The third kappa shape index (κ3) is 4.72. The summed E-state index contributed by atoms with van der Waals surface area (Å²) >= 11 is 0. The molecule has 2 saturated carbocycles. The van der Waals surface area contributed by atoms with Gasteiger partial charge in [0.05, 0.1) is 5.71 Å². The minimum Gasteiger partial charge on any atom is -0.377 e. The van der Waals surface area contributed by atoms with Crippen LogP contribution in [0.4, 0.5) is 0 Å². The summed E-state index contributed by atoms with van der Waals surface area (Å²) in [5.41, 5.74) is 3.72. The van der Waals surface area contributed by atoms with Gasteiger partial charge in [0.1, 0.15) is 0 Å². The second-order valence-electron chi connectivity index (χ2n) is 10.1. The molecule has 5 unspecified atom stereocenters. The van der Waals surface area contributed by atoms with Crippen LogP contribution in [0, 0.1) is 36.5 Å². The zero-order valence-electron chi connectivity index (χ0n) is 19.9. The smallest absolute Gasteiger partial charge is 0.377 e. The fourth-order valence-electron chi connectivity index (χ4n) is 6.13. The molecule has 3 aliphatic rings. The van der Waals surface area contributed by atoms with Crippen molar-refractivity contribution in [2.45, 2.75) is 72.1 Å². The number of hydrogen-bond acceptors (Lipinski definition) is 5. The van der Waals surface area contributed by atoms with Crippen LogP contribution in [0.2, 0.25) is 6.04 Å². The Hall–Kier alpha value is -1.34. The lowest BCUT2D eigenvalue weighted by atomic mass is 9.70. The normalized spacial score (nSPS) is 29.7. The van der Waals surface area contributed by atoms with E-state index >= 15 is 0 Å². The largest absolute Gasteiger partial charge is 0.501 e. The molecule has 2 aliphatic carbocycles. The van der Waals surface area contributed by atoms with Gasteiger partial charge >= 0.3 is 8.80 Å². The Balaban J connectivity index is 1.45. The molecule has 2 fully saturated rings. The molecule has 170 valence electrons. The van der Waals surface area contributed by atoms with Crippen LogP contribution in [0.1, 0.15) is 58.1 Å². The molecule has 1 aliphatic heterocycles. The SMILES string of the molecule is CO[Si](CCC1CC2CC1C1C=NN=C(c3ccc(C)cc3)C21)(OC(C)C)OC(C)C. The van der Waals surface area contributed by atoms with Crippen LogP contribution in [0.5, 0.6) is 0 Å². The quantitative estimate of drug-likeness (QED) is 0.475. The minimum absolute atomic E-state index is 0.105. The van der Waals surface area contributed by atoms with Gasteiger partial charge in [0, 0.05) is 43.4 Å². The Labute approximate surface area is 188 Å². The first-order valence-corrected chi connectivity index (χ1v) is 13.8. The summed E-state index contributed by atoms with van der Waals surface area (Å²) < 4.78 is 18.5. The van der Waals surface area contributed by atoms with Crippen molar-refractivity contribution in [2.75, 3.05) is 7.11 Å². The first-order chi connectivity index (χ1) is 14.8. The molecular formula is C25H38N2O3Si. The number of nitrogens with zero attached hydrogens (tertiary/aromatic N) is 2.